The van der Waals surface area contributed by atoms with Crippen molar-refractivity contribution < 1.29 is 0 Å². The number of nitrogens with one attached hydrogen (secondary N) is 1. The summed E-state index contributed by atoms with van der Waals surface area (Å²) in [7, 11) is 0. The average molecular weight is 241 g/mol. The van der Waals surface area contributed by atoms with Gasteiger partial charge in [-0.05, 0) is 31.8 Å². The van der Waals surface area contributed by atoms with Gasteiger partial charge in [0.15, 0.2) is 0 Å². The summed E-state index contributed by atoms with van der Waals surface area (Å²) in [5.74, 6) is 0.926. The summed E-state index contributed by atoms with van der Waals surface area (Å²) in [6, 6.07) is 0. The van der Waals surface area contributed by atoms with Crippen LogP contribution in [0.25, 0.3) is 0 Å². The molecule has 0 aliphatic heterocycles. The molecule has 0 spiro atoms. The Morgan fingerprint density at radius 3 is 1.94 bits per heavy atom. The molecule has 0 saturated carbocycles. The van der Waals surface area contributed by atoms with Crippen LogP contribution in [0.1, 0.15) is 85.0 Å². The van der Waals surface area contributed by atoms with E-state index in [0.29, 0.717) is 0 Å². The Balaban J connectivity index is 3.34. The van der Waals surface area contributed by atoms with Gasteiger partial charge in [0.1, 0.15) is 0 Å². The number of hydrogen-bond donors (Lipinski definition) is 1. The molecular formula is C16H35N. The first-order valence-electron chi connectivity index (χ1n) is 8.05. The lowest BCUT2D eigenvalue weighted by Gasteiger charge is -2.16. The second-order valence-corrected chi connectivity index (χ2v) is 5.37. The van der Waals surface area contributed by atoms with Gasteiger partial charge in [0.05, 0.1) is 0 Å². The van der Waals surface area contributed by atoms with Crippen molar-refractivity contribution in [2.75, 3.05) is 13.1 Å². The molecule has 0 radical (unpaired) electrons. The molecule has 0 aliphatic carbocycles. The topological polar surface area (TPSA) is 12.0 Å². The molecule has 0 rings (SSSR count). The SMILES string of the molecule is CCCCCCCCCC(CCC)CNCC. The Labute approximate surface area is 110 Å². The maximum Gasteiger partial charge on any atom is -0.00206 e. The highest BCUT2D eigenvalue weighted by molar-refractivity contribution is 4.62. The monoisotopic (exact) mass is 241 g/mol. The number of hydrogen-bond acceptors (Lipinski definition) is 1. The van der Waals surface area contributed by atoms with Crippen molar-refractivity contribution in [2.24, 2.45) is 5.92 Å². The van der Waals surface area contributed by atoms with Gasteiger partial charge in [0.2, 0.25) is 0 Å². The van der Waals surface area contributed by atoms with Crippen LogP contribution in [-0.4, -0.2) is 13.1 Å². The van der Waals surface area contributed by atoms with E-state index in [1.54, 1.807) is 0 Å². The molecule has 1 unspecified atom stereocenters. The first-order valence-corrected chi connectivity index (χ1v) is 8.05. The summed E-state index contributed by atoms with van der Waals surface area (Å²) >= 11 is 0. The third-order valence-corrected chi connectivity index (χ3v) is 3.60. The van der Waals surface area contributed by atoms with Crippen molar-refractivity contribution >= 4 is 0 Å². The zero-order valence-corrected chi connectivity index (χ0v) is 12.6. The zero-order chi connectivity index (χ0) is 12.8. The Morgan fingerprint density at radius 2 is 1.35 bits per heavy atom. The molecule has 0 aromatic carbocycles. The molecule has 1 N–H and O–H groups in total. The standard InChI is InChI=1S/C16H35N/c1-4-7-8-9-10-11-12-14-16(13-5-2)15-17-6-3/h16-17H,4-15H2,1-3H3. The maximum atomic E-state index is 3.50. The quantitative estimate of drug-likeness (QED) is 0.440. The van der Waals surface area contributed by atoms with Crippen molar-refractivity contribution in [1.29, 1.82) is 0 Å². The smallest absolute Gasteiger partial charge is 0.00206 e. The fraction of sp³-hybridized carbons (Fsp3) is 1.00. The van der Waals surface area contributed by atoms with Crippen LogP contribution in [0.4, 0.5) is 0 Å². The molecule has 0 heterocycles. The van der Waals surface area contributed by atoms with Gasteiger partial charge in [-0.1, -0.05) is 72.1 Å². The molecule has 0 aromatic rings. The predicted molar refractivity (Wildman–Crippen MR) is 79.6 cm³/mol. The molecule has 1 heteroatoms. The zero-order valence-electron chi connectivity index (χ0n) is 12.6. The Morgan fingerprint density at radius 1 is 0.706 bits per heavy atom. The van der Waals surface area contributed by atoms with Gasteiger partial charge in [-0.15, -0.1) is 0 Å². The first kappa shape index (κ1) is 17.0. The normalized spacial score (nSPS) is 12.9. The van der Waals surface area contributed by atoms with Crippen molar-refractivity contribution in [3.05, 3.63) is 0 Å². The minimum absolute atomic E-state index is 0.926. The molecule has 17 heavy (non-hydrogen) atoms. The van der Waals surface area contributed by atoms with Crippen LogP contribution >= 0.6 is 0 Å². The van der Waals surface area contributed by atoms with Crippen LogP contribution in [0.5, 0.6) is 0 Å². The Bertz CT molecular complexity index is 133. The van der Waals surface area contributed by atoms with E-state index in [4.69, 9.17) is 0 Å². The highest BCUT2D eigenvalue weighted by Crippen LogP contribution is 2.16. The molecule has 0 bridgehead atoms. The van der Waals surface area contributed by atoms with E-state index in [1.165, 1.54) is 70.8 Å². The molecule has 104 valence electrons. The lowest BCUT2D eigenvalue weighted by molar-refractivity contribution is 0.398. The molecule has 1 atom stereocenters. The summed E-state index contributed by atoms with van der Waals surface area (Å²) in [4.78, 5) is 0. The summed E-state index contributed by atoms with van der Waals surface area (Å²) < 4.78 is 0. The second kappa shape index (κ2) is 14.0. The van der Waals surface area contributed by atoms with Crippen LogP contribution in [0.3, 0.4) is 0 Å². The van der Waals surface area contributed by atoms with Crippen LogP contribution in [0.15, 0.2) is 0 Å². The van der Waals surface area contributed by atoms with E-state index in [2.05, 4.69) is 26.1 Å². The number of unbranched alkanes of at least 4 members (excludes halogenated alkanes) is 6. The highest BCUT2D eigenvalue weighted by atomic mass is 14.8. The first-order chi connectivity index (χ1) is 8.35. The highest BCUT2D eigenvalue weighted by Gasteiger charge is 2.06. The lowest BCUT2D eigenvalue weighted by atomic mass is 9.96. The van der Waals surface area contributed by atoms with E-state index < -0.39 is 0 Å². The lowest BCUT2D eigenvalue weighted by Crippen LogP contribution is -2.22. The van der Waals surface area contributed by atoms with Crippen molar-refractivity contribution in [3.63, 3.8) is 0 Å². The van der Waals surface area contributed by atoms with Crippen LogP contribution in [0.2, 0.25) is 0 Å². The van der Waals surface area contributed by atoms with Crippen LogP contribution < -0.4 is 5.32 Å². The van der Waals surface area contributed by atoms with Crippen molar-refractivity contribution in [3.8, 4) is 0 Å². The van der Waals surface area contributed by atoms with Gasteiger partial charge in [0, 0.05) is 0 Å². The van der Waals surface area contributed by atoms with E-state index in [-0.39, 0.29) is 0 Å². The van der Waals surface area contributed by atoms with Gasteiger partial charge in [-0.2, -0.15) is 0 Å². The minimum Gasteiger partial charge on any atom is -0.317 e. The molecule has 0 aliphatic rings. The van der Waals surface area contributed by atoms with Crippen LogP contribution in [0, 0.1) is 5.92 Å². The molecule has 0 saturated heterocycles. The second-order valence-electron chi connectivity index (χ2n) is 5.37. The fourth-order valence-corrected chi connectivity index (χ4v) is 2.50. The van der Waals surface area contributed by atoms with Gasteiger partial charge in [0.25, 0.3) is 0 Å². The summed E-state index contributed by atoms with van der Waals surface area (Å²) in [5, 5.41) is 3.50. The minimum atomic E-state index is 0.926. The molecule has 0 fully saturated rings. The Kier molecular flexibility index (Phi) is 14.0. The van der Waals surface area contributed by atoms with E-state index in [9.17, 15) is 0 Å². The molecule has 0 aromatic heterocycles. The Hall–Kier alpha value is -0.0400. The van der Waals surface area contributed by atoms with Crippen molar-refractivity contribution in [2.45, 2.75) is 85.0 Å². The number of rotatable bonds is 13. The van der Waals surface area contributed by atoms with E-state index in [0.717, 1.165) is 12.5 Å². The molecule has 0 amide bonds. The molecular weight excluding hydrogens is 206 g/mol. The van der Waals surface area contributed by atoms with E-state index >= 15 is 0 Å². The third-order valence-electron chi connectivity index (χ3n) is 3.60. The molecule has 1 nitrogen and oxygen atoms in total. The van der Waals surface area contributed by atoms with E-state index in [1.807, 2.05) is 0 Å². The van der Waals surface area contributed by atoms with Gasteiger partial charge in [-0.25, -0.2) is 0 Å². The third kappa shape index (κ3) is 12.2. The maximum absolute atomic E-state index is 3.50. The van der Waals surface area contributed by atoms with Gasteiger partial charge in [-0.3, -0.25) is 0 Å². The summed E-state index contributed by atoms with van der Waals surface area (Å²) in [6.07, 6.45) is 14.2. The van der Waals surface area contributed by atoms with Gasteiger partial charge >= 0.3 is 0 Å². The summed E-state index contributed by atoms with van der Waals surface area (Å²) in [6.45, 7) is 9.16. The van der Waals surface area contributed by atoms with Crippen LogP contribution in [-0.2, 0) is 0 Å². The largest absolute Gasteiger partial charge is 0.317 e. The van der Waals surface area contributed by atoms with Crippen molar-refractivity contribution in [1.82, 2.24) is 5.32 Å². The predicted octanol–water partition coefficient (Wildman–Crippen LogP) is 5.15. The van der Waals surface area contributed by atoms with Gasteiger partial charge < -0.3 is 5.32 Å². The summed E-state index contributed by atoms with van der Waals surface area (Å²) in [5.41, 5.74) is 0. The average Bonchev–Trinajstić information content (AvgIpc) is 2.34. The fourth-order valence-electron chi connectivity index (χ4n) is 2.50.